The molecule has 43 heavy (non-hydrogen) atoms. The summed E-state index contributed by atoms with van der Waals surface area (Å²) in [5.41, 5.74) is 0. The molecule has 0 aliphatic heterocycles. The number of rotatable bonds is 16. The van der Waals surface area contributed by atoms with E-state index < -0.39 is 23.7 Å². The summed E-state index contributed by atoms with van der Waals surface area (Å²) in [5, 5.41) is 18.9. The number of carboxylic acids is 2. The molecular formula is C30H29FO10S2. The summed E-state index contributed by atoms with van der Waals surface area (Å²) in [6, 6.07) is 8.16. The lowest BCUT2D eigenvalue weighted by Crippen LogP contribution is -2.13. The van der Waals surface area contributed by atoms with Crippen LogP contribution in [0.1, 0.15) is 52.0 Å². The second kappa shape index (κ2) is 13.8. The maximum absolute atomic E-state index is 15.4. The van der Waals surface area contributed by atoms with Crippen molar-refractivity contribution in [1.29, 1.82) is 0 Å². The van der Waals surface area contributed by atoms with Crippen LogP contribution in [0, 0.1) is 11.7 Å². The number of halogens is 1. The Balaban J connectivity index is 1.40. The van der Waals surface area contributed by atoms with Crippen molar-refractivity contribution >= 4 is 66.4 Å². The lowest BCUT2D eigenvalue weighted by atomic mass is 10.0. The predicted octanol–water partition coefficient (Wildman–Crippen LogP) is 6.46. The van der Waals surface area contributed by atoms with Crippen LogP contribution in [0.15, 0.2) is 30.3 Å². The fraction of sp³-hybridized carbons (Fsp3) is 0.333. The molecule has 2 N–H and O–H groups in total. The summed E-state index contributed by atoms with van der Waals surface area (Å²) in [7, 11) is 2.87. The van der Waals surface area contributed by atoms with Gasteiger partial charge in [0.1, 0.15) is 0 Å². The molecule has 0 bridgehead atoms. The molecule has 228 valence electrons. The first-order valence-electron chi connectivity index (χ1n) is 13.2. The Morgan fingerprint density at radius 3 is 2.14 bits per heavy atom. The SMILES string of the molecule is COc1cc2sc(C(=O)CC(C)C(=O)O)cc2cc1OCCCOc1c(OC)cc2sc(C(=O)CCC(=O)O)cc2c1F. The van der Waals surface area contributed by atoms with Crippen LogP contribution in [0.3, 0.4) is 0 Å². The molecule has 4 aromatic rings. The number of methoxy groups -OCH3 is 2. The summed E-state index contributed by atoms with van der Waals surface area (Å²) in [6.07, 6.45) is -0.221. The smallest absolute Gasteiger partial charge is 0.306 e. The molecule has 0 fully saturated rings. The molecular weight excluding hydrogens is 603 g/mol. The second-order valence-electron chi connectivity index (χ2n) is 9.63. The highest BCUT2D eigenvalue weighted by molar-refractivity contribution is 7.21. The molecule has 13 heteroatoms. The number of benzene rings is 2. The third kappa shape index (κ3) is 7.41. The van der Waals surface area contributed by atoms with Crippen LogP contribution in [0.25, 0.3) is 20.2 Å². The van der Waals surface area contributed by atoms with E-state index in [1.165, 1.54) is 38.5 Å². The molecule has 2 aromatic carbocycles. The van der Waals surface area contributed by atoms with Gasteiger partial charge in [0, 0.05) is 46.2 Å². The van der Waals surface area contributed by atoms with Gasteiger partial charge in [0.2, 0.25) is 0 Å². The van der Waals surface area contributed by atoms with E-state index in [2.05, 4.69) is 0 Å². The lowest BCUT2D eigenvalue weighted by Gasteiger charge is -2.13. The van der Waals surface area contributed by atoms with Crippen LogP contribution < -0.4 is 18.9 Å². The van der Waals surface area contributed by atoms with Crippen LogP contribution >= 0.6 is 22.7 Å². The Hall–Kier alpha value is -4.23. The first-order chi connectivity index (χ1) is 20.5. The van der Waals surface area contributed by atoms with Gasteiger partial charge < -0.3 is 29.2 Å². The highest BCUT2D eigenvalue weighted by Gasteiger charge is 2.22. The van der Waals surface area contributed by atoms with E-state index in [-0.39, 0.29) is 65.8 Å². The van der Waals surface area contributed by atoms with E-state index in [9.17, 15) is 19.2 Å². The number of carbonyl (C=O) groups is 4. The van der Waals surface area contributed by atoms with Crippen LogP contribution in [-0.2, 0) is 9.59 Å². The minimum Gasteiger partial charge on any atom is -0.493 e. The molecule has 1 unspecified atom stereocenters. The average Bonchev–Trinajstić information content (AvgIpc) is 3.60. The molecule has 0 saturated carbocycles. The van der Waals surface area contributed by atoms with Crippen molar-refractivity contribution in [2.24, 2.45) is 5.92 Å². The largest absolute Gasteiger partial charge is 0.493 e. The van der Waals surface area contributed by atoms with Crippen molar-refractivity contribution in [3.05, 3.63) is 45.9 Å². The zero-order chi connectivity index (χ0) is 31.3. The number of Topliss-reactive ketones (excluding diaryl/α,β-unsaturated/α-hetero) is 2. The number of fused-ring (bicyclic) bond motifs is 2. The number of hydrogen-bond donors (Lipinski definition) is 2. The summed E-state index contributed by atoms with van der Waals surface area (Å²) in [4.78, 5) is 47.5. The Morgan fingerprint density at radius 2 is 1.47 bits per heavy atom. The highest BCUT2D eigenvalue weighted by atomic mass is 32.1. The van der Waals surface area contributed by atoms with Gasteiger partial charge in [0.05, 0.1) is 49.5 Å². The Labute approximate surface area is 253 Å². The molecule has 0 aliphatic carbocycles. The molecule has 1 atom stereocenters. The number of carboxylic acid groups (broad SMARTS) is 2. The standard InChI is InChI=1S/C30H29FO10S2/c1-15(30(36)37)9-19(33)25-11-16-10-21(20(38-2)13-23(16)42-25)40-7-4-8-41-29-22(39-3)14-24-17(28(29)31)12-26(43-24)18(32)5-6-27(34)35/h10-15H,4-9H2,1-3H3,(H,34,35)(H,36,37). The summed E-state index contributed by atoms with van der Waals surface area (Å²) in [6.45, 7) is 1.76. The van der Waals surface area contributed by atoms with Gasteiger partial charge in [-0.05, 0) is 23.6 Å². The van der Waals surface area contributed by atoms with Crippen molar-refractivity contribution in [2.75, 3.05) is 27.4 Å². The molecule has 0 aliphatic rings. The fourth-order valence-corrected chi connectivity index (χ4v) is 6.28. The van der Waals surface area contributed by atoms with Gasteiger partial charge in [-0.1, -0.05) is 6.92 Å². The first kappa shape index (κ1) is 31.7. The van der Waals surface area contributed by atoms with Crippen molar-refractivity contribution in [2.45, 2.75) is 32.6 Å². The number of aliphatic carboxylic acids is 2. The van der Waals surface area contributed by atoms with E-state index in [4.69, 9.17) is 29.2 Å². The van der Waals surface area contributed by atoms with E-state index in [0.717, 1.165) is 21.4 Å². The normalized spacial score (nSPS) is 11.8. The van der Waals surface area contributed by atoms with Crippen molar-refractivity contribution in [1.82, 2.24) is 0 Å². The Bertz CT molecular complexity index is 1690. The van der Waals surface area contributed by atoms with Gasteiger partial charge >= 0.3 is 11.9 Å². The summed E-state index contributed by atoms with van der Waals surface area (Å²) < 4.78 is 39.0. The maximum Gasteiger partial charge on any atom is 0.306 e. The monoisotopic (exact) mass is 632 g/mol. The average molecular weight is 633 g/mol. The van der Waals surface area contributed by atoms with Gasteiger partial charge in [-0.2, -0.15) is 0 Å². The minimum absolute atomic E-state index is 0.0801. The number of hydrogen-bond acceptors (Lipinski definition) is 10. The van der Waals surface area contributed by atoms with Crippen LogP contribution in [0.4, 0.5) is 4.39 Å². The van der Waals surface area contributed by atoms with Crippen LogP contribution in [0.5, 0.6) is 23.0 Å². The third-order valence-electron chi connectivity index (χ3n) is 6.53. The molecule has 10 nitrogen and oxygen atoms in total. The van der Waals surface area contributed by atoms with E-state index >= 15 is 4.39 Å². The van der Waals surface area contributed by atoms with E-state index in [1.807, 2.05) is 0 Å². The minimum atomic E-state index is -1.09. The second-order valence-corrected chi connectivity index (χ2v) is 11.8. The molecule has 0 spiro atoms. The zero-order valence-corrected chi connectivity index (χ0v) is 25.2. The molecule has 0 amide bonds. The zero-order valence-electron chi connectivity index (χ0n) is 23.6. The van der Waals surface area contributed by atoms with Crippen LogP contribution in [0.2, 0.25) is 0 Å². The van der Waals surface area contributed by atoms with Gasteiger partial charge in [0.25, 0.3) is 0 Å². The number of thiophene rings is 2. The van der Waals surface area contributed by atoms with Gasteiger partial charge in [-0.15, -0.1) is 22.7 Å². The topological polar surface area (TPSA) is 146 Å². The molecule has 2 heterocycles. The fourth-order valence-electron chi connectivity index (χ4n) is 4.20. The van der Waals surface area contributed by atoms with Crippen molar-refractivity contribution in [3.63, 3.8) is 0 Å². The van der Waals surface area contributed by atoms with E-state index in [1.54, 1.807) is 24.3 Å². The predicted molar refractivity (Wildman–Crippen MR) is 159 cm³/mol. The number of ketones is 2. The van der Waals surface area contributed by atoms with Gasteiger partial charge in [-0.25, -0.2) is 4.39 Å². The summed E-state index contributed by atoms with van der Waals surface area (Å²) in [5.74, 6) is -3.27. The Morgan fingerprint density at radius 1 is 0.814 bits per heavy atom. The Kier molecular flexibility index (Phi) is 10.2. The highest BCUT2D eigenvalue weighted by Crippen LogP contribution is 2.41. The first-order valence-corrected chi connectivity index (χ1v) is 14.8. The lowest BCUT2D eigenvalue weighted by molar-refractivity contribution is -0.141. The summed E-state index contributed by atoms with van der Waals surface area (Å²) >= 11 is 2.31. The van der Waals surface area contributed by atoms with Crippen molar-refractivity contribution < 1.29 is 52.7 Å². The van der Waals surface area contributed by atoms with Crippen LogP contribution in [-0.4, -0.2) is 61.2 Å². The van der Waals surface area contributed by atoms with Crippen molar-refractivity contribution in [3.8, 4) is 23.0 Å². The quantitative estimate of drug-likeness (QED) is 0.104. The number of ether oxygens (including phenoxy) is 4. The maximum atomic E-state index is 15.4. The molecule has 4 rings (SSSR count). The number of carbonyl (C=O) groups excluding carboxylic acids is 2. The molecule has 0 radical (unpaired) electrons. The van der Waals surface area contributed by atoms with Gasteiger partial charge in [0.15, 0.2) is 40.4 Å². The van der Waals surface area contributed by atoms with Gasteiger partial charge in [-0.3, -0.25) is 19.2 Å². The third-order valence-corrected chi connectivity index (χ3v) is 8.79. The molecule has 2 aromatic heterocycles. The molecule has 0 saturated heterocycles. The van der Waals surface area contributed by atoms with E-state index in [0.29, 0.717) is 27.5 Å².